The quantitative estimate of drug-likeness (QED) is 0.586. The maximum Gasteiger partial charge on any atom is 0.293 e. The van der Waals surface area contributed by atoms with Gasteiger partial charge in [-0.15, -0.1) is 0 Å². The fourth-order valence-electron chi connectivity index (χ4n) is 2.31. The fourth-order valence-corrected chi connectivity index (χ4v) is 2.44. The van der Waals surface area contributed by atoms with Crippen LogP contribution >= 0.6 is 11.6 Å². The van der Waals surface area contributed by atoms with Crippen LogP contribution in [0.3, 0.4) is 0 Å². The molecule has 1 N–H and O–H groups in total. The highest BCUT2D eigenvalue weighted by Crippen LogP contribution is 2.30. The number of aliphatic hydroxyl groups excluding tert-OH is 1. The number of aromatic nitrogens is 2. The lowest BCUT2D eigenvalue weighted by Crippen LogP contribution is -2.03. The molecule has 1 heterocycles. The monoisotopic (exact) mass is 329 g/mol. The molecular formula is C16H12ClN3O3. The highest BCUT2D eigenvalue weighted by atomic mass is 35.5. The largest absolute Gasteiger partial charge is 0.384 e. The summed E-state index contributed by atoms with van der Waals surface area (Å²) in [6, 6.07) is 11.3. The second-order valence-electron chi connectivity index (χ2n) is 4.93. The number of nitro benzene ring substituents is 1. The van der Waals surface area contributed by atoms with E-state index in [0.717, 1.165) is 0 Å². The van der Waals surface area contributed by atoms with Crippen molar-refractivity contribution >= 4 is 17.3 Å². The summed E-state index contributed by atoms with van der Waals surface area (Å²) >= 11 is 5.83. The van der Waals surface area contributed by atoms with Gasteiger partial charge in [-0.2, -0.15) is 0 Å². The van der Waals surface area contributed by atoms with Gasteiger partial charge in [0.15, 0.2) is 0 Å². The summed E-state index contributed by atoms with van der Waals surface area (Å²) in [6.07, 6.45) is 3.68. The predicted molar refractivity (Wildman–Crippen MR) is 85.7 cm³/mol. The SMILES string of the molecule is O=[N+]([O-])c1cc(C(O)c2ccc(Cl)cc2)ccc1-n1ccnc1. The van der Waals surface area contributed by atoms with Crippen LogP contribution in [0.15, 0.2) is 61.2 Å². The zero-order valence-electron chi connectivity index (χ0n) is 11.8. The molecule has 1 atom stereocenters. The summed E-state index contributed by atoms with van der Waals surface area (Å²) in [5.41, 5.74) is 1.33. The molecule has 0 aliphatic rings. The smallest absolute Gasteiger partial charge is 0.293 e. The van der Waals surface area contributed by atoms with E-state index in [9.17, 15) is 15.2 Å². The zero-order valence-corrected chi connectivity index (χ0v) is 12.6. The average Bonchev–Trinajstić information content (AvgIpc) is 3.08. The van der Waals surface area contributed by atoms with Crippen LogP contribution in [-0.2, 0) is 0 Å². The summed E-state index contributed by atoms with van der Waals surface area (Å²) in [4.78, 5) is 14.8. The third-order valence-corrected chi connectivity index (χ3v) is 3.73. The Morgan fingerprint density at radius 3 is 2.48 bits per heavy atom. The van der Waals surface area contributed by atoms with Crippen LogP contribution in [0.4, 0.5) is 5.69 Å². The van der Waals surface area contributed by atoms with Crippen LogP contribution in [0, 0.1) is 10.1 Å². The molecule has 6 nitrogen and oxygen atoms in total. The van der Waals surface area contributed by atoms with Crippen LogP contribution in [0.2, 0.25) is 5.02 Å². The number of hydrogen-bond acceptors (Lipinski definition) is 4. The minimum atomic E-state index is -0.970. The molecule has 0 fully saturated rings. The van der Waals surface area contributed by atoms with E-state index in [0.29, 0.717) is 21.8 Å². The molecule has 0 bridgehead atoms. The Morgan fingerprint density at radius 1 is 1.17 bits per heavy atom. The number of halogens is 1. The van der Waals surface area contributed by atoms with Crippen molar-refractivity contribution in [2.24, 2.45) is 0 Å². The van der Waals surface area contributed by atoms with E-state index in [1.54, 1.807) is 53.4 Å². The maximum atomic E-state index is 11.3. The minimum absolute atomic E-state index is 0.103. The van der Waals surface area contributed by atoms with Gasteiger partial charge < -0.3 is 9.67 Å². The van der Waals surface area contributed by atoms with Crippen molar-refractivity contribution < 1.29 is 10.0 Å². The number of imidazole rings is 1. The number of aliphatic hydroxyl groups is 1. The van der Waals surface area contributed by atoms with E-state index in [-0.39, 0.29) is 5.69 Å². The van der Waals surface area contributed by atoms with Crippen LogP contribution < -0.4 is 0 Å². The van der Waals surface area contributed by atoms with Gasteiger partial charge in [-0.25, -0.2) is 4.98 Å². The van der Waals surface area contributed by atoms with Crippen molar-refractivity contribution in [3.8, 4) is 5.69 Å². The number of benzene rings is 2. The number of nitro groups is 1. The van der Waals surface area contributed by atoms with E-state index in [2.05, 4.69) is 4.98 Å². The minimum Gasteiger partial charge on any atom is -0.384 e. The molecule has 3 aromatic rings. The lowest BCUT2D eigenvalue weighted by atomic mass is 10.0. The van der Waals surface area contributed by atoms with E-state index in [4.69, 9.17) is 11.6 Å². The van der Waals surface area contributed by atoms with Crippen molar-refractivity contribution in [1.29, 1.82) is 0 Å². The van der Waals surface area contributed by atoms with Crippen molar-refractivity contribution in [3.63, 3.8) is 0 Å². The summed E-state index contributed by atoms with van der Waals surface area (Å²) in [5, 5.41) is 22.3. The molecule has 1 aromatic heterocycles. The van der Waals surface area contributed by atoms with Gasteiger partial charge in [-0.05, 0) is 29.3 Å². The molecule has 116 valence electrons. The highest BCUT2D eigenvalue weighted by Gasteiger charge is 2.19. The summed E-state index contributed by atoms with van der Waals surface area (Å²) < 4.78 is 1.55. The molecule has 3 rings (SSSR count). The van der Waals surface area contributed by atoms with Gasteiger partial charge in [0.25, 0.3) is 5.69 Å². The van der Waals surface area contributed by atoms with Gasteiger partial charge in [0.05, 0.1) is 11.3 Å². The van der Waals surface area contributed by atoms with E-state index >= 15 is 0 Å². The molecule has 2 aromatic carbocycles. The molecule has 0 amide bonds. The zero-order chi connectivity index (χ0) is 16.4. The Hall–Kier alpha value is -2.70. The molecule has 0 aliphatic carbocycles. The molecule has 0 saturated heterocycles. The van der Waals surface area contributed by atoms with Crippen LogP contribution in [-0.4, -0.2) is 19.6 Å². The summed E-state index contributed by atoms with van der Waals surface area (Å²) in [5.74, 6) is 0. The van der Waals surface area contributed by atoms with Gasteiger partial charge in [0, 0.05) is 23.5 Å². The molecular weight excluding hydrogens is 318 g/mol. The van der Waals surface area contributed by atoms with E-state index in [1.807, 2.05) is 0 Å². The van der Waals surface area contributed by atoms with Gasteiger partial charge >= 0.3 is 0 Å². The summed E-state index contributed by atoms with van der Waals surface area (Å²) in [7, 11) is 0. The molecule has 0 spiro atoms. The molecule has 0 radical (unpaired) electrons. The second-order valence-corrected chi connectivity index (χ2v) is 5.37. The molecule has 23 heavy (non-hydrogen) atoms. The number of hydrogen-bond donors (Lipinski definition) is 1. The lowest BCUT2D eigenvalue weighted by Gasteiger charge is -2.13. The topological polar surface area (TPSA) is 81.2 Å². The third kappa shape index (κ3) is 3.08. The first-order chi connectivity index (χ1) is 11.1. The fraction of sp³-hybridized carbons (Fsp3) is 0.0625. The van der Waals surface area contributed by atoms with Crippen molar-refractivity contribution in [3.05, 3.63) is 87.4 Å². The van der Waals surface area contributed by atoms with Gasteiger partial charge in [0.1, 0.15) is 11.8 Å². The standard InChI is InChI=1S/C16H12ClN3O3/c17-13-4-1-11(2-5-13)16(21)12-3-6-14(15(9-12)20(22)23)19-8-7-18-10-19/h1-10,16,21H. The Labute approximate surface area is 136 Å². The van der Waals surface area contributed by atoms with Crippen molar-refractivity contribution in [1.82, 2.24) is 9.55 Å². The Bertz CT molecular complexity index is 832. The molecule has 0 saturated carbocycles. The van der Waals surface area contributed by atoms with Gasteiger partial charge in [0.2, 0.25) is 0 Å². The third-order valence-electron chi connectivity index (χ3n) is 3.48. The molecule has 1 unspecified atom stereocenters. The van der Waals surface area contributed by atoms with Crippen molar-refractivity contribution in [2.45, 2.75) is 6.10 Å². The maximum absolute atomic E-state index is 11.3. The average molecular weight is 330 g/mol. The number of rotatable bonds is 4. The lowest BCUT2D eigenvalue weighted by molar-refractivity contribution is -0.384. The normalized spacial score (nSPS) is 12.1. The Balaban J connectivity index is 2.02. The predicted octanol–water partition coefficient (Wildman–Crippen LogP) is 3.52. The van der Waals surface area contributed by atoms with Crippen LogP contribution in [0.25, 0.3) is 5.69 Å². The van der Waals surface area contributed by atoms with E-state index < -0.39 is 11.0 Å². The molecule has 0 aliphatic heterocycles. The van der Waals surface area contributed by atoms with Crippen molar-refractivity contribution in [2.75, 3.05) is 0 Å². The second kappa shape index (κ2) is 6.20. The van der Waals surface area contributed by atoms with Crippen LogP contribution in [0.5, 0.6) is 0 Å². The van der Waals surface area contributed by atoms with Gasteiger partial charge in [-0.1, -0.05) is 29.8 Å². The number of nitrogens with zero attached hydrogens (tertiary/aromatic N) is 3. The molecule has 7 heteroatoms. The Kier molecular flexibility index (Phi) is 4.10. The Morgan fingerprint density at radius 2 is 1.87 bits per heavy atom. The first-order valence-electron chi connectivity index (χ1n) is 6.76. The first kappa shape index (κ1) is 15.2. The highest BCUT2D eigenvalue weighted by molar-refractivity contribution is 6.30. The first-order valence-corrected chi connectivity index (χ1v) is 7.14. The van der Waals surface area contributed by atoms with E-state index in [1.165, 1.54) is 12.4 Å². The van der Waals surface area contributed by atoms with Gasteiger partial charge in [-0.3, -0.25) is 10.1 Å². The van der Waals surface area contributed by atoms with Crippen LogP contribution in [0.1, 0.15) is 17.2 Å². The summed E-state index contributed by atoms with van der Waals surface area (Å²) in [6.45, 7) is 0.